The summed E-state index contributed by atoms with van der Waals surface area (Å²) in [5, 5.41) is 15.5. The van der Waals surface area contributed by atoms with Crippen LogP contribution >= 0.6 is 11.6 Å². The van der Waals surface area contributed by atoms with E-state index in [0.717, 1.165) is 5.56 Å². The van der Waals surface area contributed by atoms with Gasteiger partial charge in [0.15, 0.2) is 0 Å². The van der Waals surface area contributed by atoms with E-state index in [1.165, 1.54) is 0 Å². The van der Waals surface area contributed by atoms with Gasteiger partial charge in [0.2, 0.25) is 5.95 Å². The monoisotopic (exact) mass is 377 g/mol. The van der Waals surface area contributed by atoms with E-state index in [1.54, 1.807) is 49.4 Å². The number of carbonyl (C=O) groups is 1. The van der Waals surface area contributed by atoms with Crippen LogP contribution in [0.2, 0.25) is 5.02 Å². The van der Waals surface area contributed by atoms with Gasteiger partial charge in [0.1, 0.15) is 11.8 Å². The summed E-state index contributed by atoms with van der Waals surface area (Å²) in [7, 11) is 0. The fourth-order valence-electron chi connectivity index (χ4n) is 2.47. The number of hydrogen-bond donors (Lipinski definition) is 2. The molecule has 0 spiro atoms. The van der Waals surface area contributed by atoms with E-state index in [-0.39, 0.29) is 17.5 Å². The van der Waals surface area contributed by atoms with Crippen molar-refractivity contribution >= 4 is 34.8 Å². The molecule has 2 N–H and O–H groups in total. The van der Waals surface area contributed by atoms with Crippen molar-refractivity contribution in [3.05, 3.63) is 76.1 Å². The highest BCUT2D eigenvalue weighted by Crippen LogP contribution is 2.22. The van der Waals surface area contributed by atoms with Crippen LogP contribution in [-0.2, 0) is 0 Å². The Balaban J connectivity index is 1.88. The van der Waals surface area contributed by atoms with E-state index < -0.39 is 0 Å². The molecule has 0 radical (unpaired) electrons. The van der Waals surface area contributed by atoms with Crippen molar-refractivity contribution in [1.29, 1.82) is 5.26 Å². The van der Waals surface area contributed by atoms with Crippen LogP contribution in [0.4, 0.5) is 17.3 Å². The summed E-state index contributed by atoms with van der Waals surface area (Å²) in [5.41, 5.74) is 3.37. The number of nitrogens with zero attached hydrogens (tertiary/aromatic N) is 3. The third kappa shape index (κ3) is 4.40. The molecule has 0 unspecified atom stereocenters. The third-order valence-electron chi connectivity index (χ3n) is 3.83. The van der Waals surface area contributed by atoms with Crippen molar-refractivity contribution in [2.24, 2.45) is 0 Å². The summed E-state index contributed by atoms with van der Waals surface area (Å²) in [5.74, 6) is -0.131. The van der Waals surface area contributed by atoms with E-state index in [9.17, 15) is 10.1 Å². The molecule has 7 heteroatoms. The van der Waals surface area contributed by atoms with Crippen LogP contribution in [0.5, 0.6) is 0 Å². The molecule has 0 bridgehead atoms. The summed E-state index contributed by atoms with van der Waals surface area (Å²) in [6.07, 6.45) is 0. The topological polar surface area (TPSA) is 90.7 Å². The van der Waals surface area contributed by atoms with Crippen molar-refractivity contribution in [2.45, 2.75) is 13.8 Å². The first-order valence-corrected chi connectivity index (χ1v) is 8.53. The molecule has 0 aliphatic heterocycles. The number of amides is 1. The minimum absolute atomic E-state index is 0.207. The molecule has 3 rings (SSSR count). The summed E-state index contributed by atoms with van der Waals surface area (Å²) in [4.78, 5) is 21.2. The van der Waals surface area contributed by atoms with Crippen LogP contribution in [0.15, 0.2) is 48.5 Å². The predicted octanol–water partition coefficient (Wildman–Crippen LogP) is 4.61. The third-order valence-corrected chi connectivity index (χ3v) is 4.06. The molecule has 0 saturated heterocycles. The molecular formula is C20H16ClN5O. The maximum absolute atomic E-state index is 12.6. The van der Waals surface area contributed by atoms with Crippen LogP contribution < -0.4 is 10.6 Å². The van der Waals surface area contributed by atoms with E-state index in [4.69, 9.17) is 11.6 Å². The number of aromatic nitrogens is 2. The molecule has 0 aliphatic carbocycles. The molecular weight excluding hydrogens is 362 g/mol. The molecule has 134 valence electrons. The highest BCUT2D eigenvalue weighted by atomic mass is 35.5. The lowest BCUT2D eigenvalue weighted by atomic mass is 10.2. The van der Waals surface area contributed by atoms with Crippen molar-refractivity contribution in [1.82, 2.24) is 9.97 Å². The second kappa shape index (κ2) is 7.85. The number of carbonyl (C=O) groups excluding carboxylic acids is 1. The van der Waals surface area contributed by atoms with E-state index in [0.29, 0.717) is 27.7 Å². The molecule has 1 aromatic heterocycles. The second-order valence-corrected chi connectivity index (χ2v) is 6.35. The smallest absolute Gasteiger partial charge is 0.274 e. The largest absolute Gasteiger partial charge is 0.323 e. The fourth-order valence-corrected chi connectivity index (χ4v) is 2.64. The van der Waals surface area contributed by atoms with E-state index in [1.807, 2.05) is 13.0 Å². The Morgan fingerprint density at radius 1 is 1.07 bits per heavy atom. The number of hydrogen-bond acceptors (Lipinski definition) is 5. The second-order valence-electron chi connectivity index (χ2n) is 5.91. The minimum Gasteiger partial charge on any atom is -0.323 e. The number of aryl methyl sites for hydroxylation is 2. The molecule has 0 atom stereocenters. The van der Waals surface area contributed by atoms with Crippen molar-refractivity contribution < 1.29 is 4.79 Å². The number of anilines is 3. The molecule has 2 aromatic carbocycles. The van der Waals surface area contributed by atoms with Gasteiger partial charge in [0.25, 0.3) is 5.91 Å². The molecule has 0 aliphatic rings. The van der Waals surface area contributed by atoms with Crippen LogP contribution in [0, 0.1) is 25.2 Å². The predicted molar refractivity (Wildman–Crippen MR) is 105 cm³/mol. The normalized spacial score (nSPS) is 10.1. The SMILES string of the molecule is Cc1cc(C(=O)Nc2cc(Cl)ccc2C)nc(Nc2ccccc2C#N)n1. The summed E-state index contributed by atoms with van der Waals surface area (Å²) in [6, 6.07) is 16.0. The number of nitrogens with one attached hydrogen (secondary N) is 2. The first-order chi connectivity index (χ1) is 13.0. The van der Waals surface area contributed by atoms with Gasteiger partial charge in [-0.15, -0.1) is 0 Å². The number of nitriles is 1. The van der Waals surface area contributed by atoms with Gasteiger partial charge in [-0.3, -0.25) is 4.79 Å². The Kier molecular flexibility index (Phi) is 5.34. The summed E-state index contributed by atoms with van der Waals surface area (Å²) >= 11 is 6.00. The highest BCUT2D eigenvalue weighted by molar-refractivity contribution is 6.31. The van der Waals surface area contributed by atoms with Gasteiger partial charge in [0, 0.05) is 16.4 Å². The molecule has 0 saturated carbocycles. The van der Waals surface area contributed by atoms with Crippen LogP contribution in [0.3, 0.4) is 0 Å². The minimum atomic E-state index is -0.373. The molecule has 1 heterocycles. The van der Waals surface area contributed by atoms with Gasteiger partial charge in [0.05, 0.1) is 11.3 Å². The average Bonchev–Trinajstić information content (AvgIpc) is 2.64. The van der Waals surface area contributed by atoms with Gasteiger partial charge in [-0.25, -0.2) is 9.97 Å². The lowest BCUT2D eigenvalue weighted by Gasteiger charge is -2.11. The molecule has 0 fully saturated rings. The molecule has 27 heavy (non-hydrogen) atoms. The van der Waals surface area contributed by atoms with Gasteiger partial charge in [-0.05, 0) is 49.7 Å². The van der Waals surface area contributed by atoms with Gasteiger partial charge < -0.3 is 10.6 Å². The van der Waals surface area contributed by atoms with Crippen LogP contribution in [0.25, 0.3) is 0 Å². The van der Waals surface area contributed by atoms with Crippen molar-refractivity contribution in [2.75, 3.05) is 10.6 Å². The first-order valence-electron chi connectivity index (χ1n) is 8.15. The number of rotatable bonds is 4. The quantitative estimate of drug-likeness (QED) is 0.692. The zero-order valence-corrected chi connectivity index (χ0v) is 15.5. The van der Waals surface area contributed by atoms with Crippen molar-refractivity contribution in [3.63, 3.8) is 0 Å². The lowest BCUT2D eigenvalue weighted by molar-refractivity contribution is 0.102. The molecule has 6 nitrogen and oxygen atoms in total. The van der Waals surface area contributed by atoms with Crippen LogP contribution in [0.1, 0.15) is 27.3 Å². The zero-order chi connectivity index (χ0) is 19.4. The zero-order valence-electron chi connectivity index (χ0n) is 14.7. The standard InChI is InChI=1S/C20H16ClN5O/c1-12-7-8-15(21)10-17(12)24-19(27)18-9-13(2)23-20(26-18)25-16-6-4-3-5-14(16)11-22/h3-10H,1-2H3,(H,24,27)(H,23,25,26). The van der Waals surface area contributed by atoms with Gasteiger partial charge >= 0.3 is 0 Å². The Labute approximate surface area is 161 Å². The maximum atomic E-state index is 12.6. The lowest BCUT2D eigenvalue weighted by Crippen LogP contribution is -2.16. The summed E-state index contributed by atoms with van der Waals surface area (Å²) < 4.78 is 0. The Morgan fingerprint density at radius 2 is 1.85 bits per heavy atom. The Hall–Kier alpha value is -3.43. The number of halogens is 1. The van der Waals surface area contributed by atoms with Gasteiger partial charge in [-0.2, -0.15) is 5.26 Å². The van der Waals surface area contributed by atoms with Gasteiger partial charge in [-0.1, -0.05) is 29.8 Å². The molecule has 1 amide bonds. The summed E-state index contributed by atoms with van der Waals surface area (Å²) in [6.45, 7) is 3.65. The van der Waals surface area contributed by atoms with Crippen molar-refractivity contribution in [3.8, 4) is 6.07 Å². The molecule has 3 aromatic rings. The first kappa shape index (κ1) is 18.4. The fraction of sp³-hybridized carbons (Fsp3) is 0.100. The Morgan fingerprint density at radius 3 is 2.63 bits per heavy atom. The number of benzene rings is 2. The van der Waals surface area contributed by atoms with E-state index in [2.05, 4.69) is 26.7 Å². The average molecular weight is 378 g/mol. The van der Waals surface area contributed by atoms with E-state index >= 15 is 0 Å². The van der Waals surface area contributed by atoms with Crippen LogP contribution in [-0.4, -0.2) is 15.9 Å². The highest BCUT2D eigenvalue weighted by Gasteiger charge is 2.13. The Bertz CT molecular complexity index is 1060. The number of para-hydroxylation sites is 1. The maximum Gasteiger partial charge on any atom is 0.274 e.